The Morgan fingerprint density at radius 2 is 1.61 bits per heavy atom. The van der Waals surface area contributed by atoms with Gasteiger partial charge in [-0.25, -0.2) is 4.39 Å². The van der Waals surface area contributed by atoms with E-state index in [4.69, 9.17) is 4.74 Å². The Labute approximate surface area is 213 Å². The van der Waals surface area contributed by atoms with E-state index in [1.165, 1.54) is 43.4 Å². The lowest BCUT2D eigenvalue weighted by Gasteiger charge is -2.45. The molecule has 1 aliphatic heterocycles. The predicted molar refractivity (Wildman–Crippen MR) is 142 cm³/mol. The number of carbonyl (C=O) groups excluding carboxylic acids is 1. The summed E-state index contributed by atoms with van der Waals surface area (Å²) in [4.78, 5) is 18.3. The molecule has 1 amide bonds. The van der Waals surface area contributed by atoms with E-state index < -0.39 is 0 Å². The van der Waals surface area contributed by atoms with E-state index >= 15 is 0 Å². The first-order chi connectivity index (χ1) is 17.6. The Morgan fingerprint density at radius 1 is 0.889 bits per heavy atom. The zero-order chi connectivity index (χ0) is 24.9. The van der Waals surface area contributed by atoms with Crippen molar-refractivity contribution in [2.45, 2.75) is 56.5 Å². The maximum atomic E-state index is 13.8. The number of halogens is 1. The van der Waals surface area contributed by atoms with Crippen LogP contribution in [0, 0.1) is 5.82 Å². The third-order valence-corrected chi connectivity index (χ3v) is 7.93. The number of hydrogen-bond acceptors (Lipinski definition) is 3. The molecule has 1 heterocycles. The SMILES string of the molecule is COc1cccc(C(=O)N(c2ccc(F)cc2)C2CCN(C3CCCCC3c3ccccc3)CC2)c1. The van der Waals surface area contributed by atoms with Crippen molar-refractivity contribution in [2.24, 2.45) is 0 Å². The quantitative estimate of drug-likeness (QED) is 0.390. The number of methoxy groups -OCH3 is 1. The van der Waals surface area contributed by atoms with Gasteiger partial charge in [0.25, 0.3) is 5.91 Å². The second-order valence-electron chi connectivity index (χ2n) is 10.0. The standard InChI is InChI=1S/C31H35FN2O2/c1-36-28-11-7-10-24(22-28)31(35)34(26-16-14-25(32)15-17-26)27-18-20-33(21-19-27)30-13-6-5-12-29(30)23-8-3-2-4-9-23/h2-4,7-11,14-17,22,27,29-30H,5-6,12-13,18-21H2,1H3. The molecule has 5 rings (SSSR count). The van der Waals surface area contributed by atoms with E-state index in [9.17, 15) is 9.18 Å². The average Bonchev–Trinajstić information content (AvgIpc) is 2.95. The minimum absolute atomic E-state index is 0.0594. The Kier molecular flexibility index (Phi) is 7.66. The van der Waals surface area contributed by atoms with Crippen LogP contribution >= 0.6 is 0 Å². The topological polar surface area (TPSA) is 32.8 Å². The normalized spacial score (nSPS) is 21.2. The van der Waals surface area contributed by atoms with Gasteiger partial charge in [0.15, 0.2) is 0 Å². The summed E-state index contributed by atoms with van der Waals surface area (Å²) < 4.78 is 19.1. The summed E-state index contributed by atoms with van der Waals surface area (Å²) in [5.74, 6) is 0.854. The lowest BCUT2D eigenvalue weighted by atomic mass is 9.78. The van der Waals surface area contributed by atoms with Gasteiger partial charge in [-0.05, 0) is 79.6 Å². The molecule has 0 aromatic heterocycles. The smallest absolute Gasteiger partial charge is 0.258 e. The highest BCUT2D eigenvalue weighted by atomic mass is 19.1. The average molecular weight is 487 g/mol. The van der Waals surface area contributed by atoms with Gasteiger partial charge in [0.2, 0.25) is 0 Å². The summed E-state index contributed by atoms with van der Waals surface area (Å²) in [5.41, 5.74) is 2.77. The van der Waals surface area contributed by atoms with E-state index in [2.05, 4.69) is 35.2 Å². The Hall–Kier alpha value is -3.18. The molecule has 1 saturated carbocycles. The van der Waals surface area contributed by atoms with Crippen molar-refractivity contribution in [3.8, 4) is 5.75 Å². The highest BCUT2D eigenvalue weighted by Gasteiger charge is 2.36. The molecule has 0 radical (unpaired) electrons. The molecule has 0 spiro atoms. The maximum absolute atomic E-state index is 13.8. The van der Waals surface area contributed by atoms with Gasteiger partial charge in [0.1, 0.15) is 11.6 Å². The zero-order valence-electron chi connectivity index (χ0n) is 21.0. The van der Waals surface area contributed by atoms with Crippen molar-refractivity contribution >= 4 is 11.6 Å². The van der Waals surface area contributed by atoms with Gasteiger partial charge in [-0.3, -0.25) is 9.69 Å². The Balaban J connectivity index is 1.35. The maximum Gasteiger partial charge on any atom is 0.258 e. The third kappa shape index (κ3) is 5.31. The van der Waals surface area contributed by atoms with E-state index in [0.717, 1.165) is 31.6 Å². The molecule has 188 valence electrons. The van der Waals surface area contributed by atoms with Crippen LogP contribution in [0.4, 0.5) is 10.1 Å². The third-order valence-electron chi connectivity index (χ3n) is 7.93. The minimum atomic E-state index is -0.299. The van der Waals surface area contributed by atoms with Gasteiger partial charge >= 0.3 is 0 Å². The van der Waals surface area contributed by atoms with Gasteiger partial charge in [0, 0.05) is 36.4 Å². The molecule has 4 nitrogen and oxygen atoms in total. The first kappa shape index (κ1) is 24.5. The number of amides is 1. The Bertz CT molecular complexity index is 1140. The summed E-state index contributed by atoms with van der Waals surface area (Å²) in [6.45, 7) is 1.92. The number of anilines is 1. The molecule has 36 heavy (non-hydrogen) atoms. The van der Waals surface area contributed by atoms with Crippen molar-refractivity contribution in [1.29, 1.82) is 0 Å². The van der Waals surface area contributed by atoms with E-state index in [1.54, 1.807) is 25.3 Å². The van der Waals surface area contributed by atoms with Crippen LogP contribution in [0.2, 0.25) is 0 Å². The number of benzene rings is 3. The predicted octanol–water partition coefficient (Wildman–Crippen LogP) is 6.67. The monoisotopic (exact) mass is 486 g/mol. The number of piperidine rings is 1. The van der Waals surface area contributed by atoms with E-state index in [1.807, 2.05) is 23.1 Å². The molecule has 1 saturated heterocycles. The summed E-state index contributed by atoms with van der Waals surface area (Å²) >= 11 is 0. The highest BCUT2D eigenvalue weighted by molar-refractivity contribution is 6.06. The molecule has 2 fully saturated rings. The lowest BCUT2D eigenvalue weighted by molar-refractivity contribution is 0.0894. The summed E-state index contributed by atoms with van der Waals surface area (Å²) in [6.07, 6.45) is 6.83. The lowest BCUT2D eigenvalue weighted by Crippen LogP contribution is -2.51. The number of carbonyl (C=O) groups is 1. The number of hydrogen-bond donors (Lipinski definition) is 0. The first-order valence-corrected chi connectivity index (χ1v) is 13.2. The molecule has 2 unspecified atom stereocenters. The highest BCUT2D eigenvalue weighted by Crippen LogP contribution is 2.38. The molecule has 5 heteroatoms. The van der Waals surface area contributed by atoms with Crippen LogP contribution in [0.15, 0.2) is 78.9 Å². The van der Waals surface area contributed by atoms with Gasteiger partial charge in [-0.2, -0.15) is 0 Å². The fourth-order valence-electron chi connectivity index (χ4n) is 6.10. The van der Waals surface area contributed by atoms with Crippen molar-refractivity contribution in [1.82, 2.24) is 4.90 Å². The Morgan fingerprint density at radius 3 is 2.33 bits per heavy atom. The first-order valence-electron chi connectivity index (χ1n) is 13.2. The van der Waals surface area contributed by atoms with Crippen LogP contribution in [-0.2, 0) is 0 Å². The van der Waals surface area contributed by atoms with Gasteiger partial charge < -0.3 is 9.64 Å². The minimum Gasteiger partial charge on any atom is -0.497 e. The second-order valence-corrected chi connectivity index (χ2v) is 10.0. The molecule has 0 N–H and O–H groups in total. The van der Waals surface area contributed by atoms with Crippen LogP contribution in [0.25, 0.3) is 0 Å². The molecular formula is C31H35FN2O2. The number of nitrogens with zero attached hydrogens (tertiary/aromatic N) is 2. The molecule has 2 atom stereocenters. The molecule has 1 aliphatic carbocycles. The molecule has 2 aliphatic rings. The number of ether oxygens (including phenoxy) is 1. The molecule has 0 bridgehead atoms. The summed E-state index contributed by atoms with van der Waals surface area (Å²) in [6, 6.07) is 25.1. The molecule has 3 aromatic carbocycles. The van der Waals surface area contributed by atoms with Crippen molar-refractivity contribution in [3.63, 3.8) is 0 Å². The second kappa shape index (κ2) is 11.3. The van der Waals surface area contributed by atoms with Crippen LogP contribution < -0.4 is 9.64 Å². The number of likely N-dealkylation sites (tertiary alicyclic amines) is 1. The van der Waals surface area contributed by atoms with Gasteiger partial charge in [-0.15, -0.1) is 0 Å². The van der Waals surface area contributed by atoms with Crippen LogP contribution in [0.5, 0.6) is 5.75 Å². The fraction of sp³-hybridized carbons (Fsp3) is 0.387. The van der Waals surface area contributed by atoms with E-state index in [-0.39, 0.29) is 17.8 Å². The van der Waals surface area contributed by atoms with Gasteiger partial charge in [0.05, 0.1) is 7.11 Å². The van der Waals surface area contributed by atoms with Crippen LogP contribution in [-0.4, -0.2) is 43.1 Å². The number of rotatable bonds is 6. The van der Waals surface area contributed by atoms with Gasteiger partial charge in [-0.1, -0.05) is 49.2 Å². The van der Waals surface area contributed by atoms with Crippen molar-refractivity contribution < 1.29 is 13.9 Å². The van der Waals surface area contributed by atoms with E-state index in [0.29, 0.717) is 23.3 Å². The van der Waals surface area contributed by atoms with Crippen molar-refractivity contribution in [2.75, 3.05) is 25.1 Å². The molecular weight excluding hydrogens is 451 g/mol. The van der Waals surface area contributed by atoms with Crippen LogP contribution in [0.1, 0.15) is 60.4 Å². The fourth-order valence-corrected chi connectivity index (χ4v) is 6.10. The largest absolute Gasteiger partial charge is 0.497 e. The summed E-state index contributed by atoms with van der Waals surface area (Å²) in [5, 5.41) is 0. The van der Waals surface area contributed by atoms with Crippen LogP contribution in [0.3, 0.4) is 0 Å². The summed E-state index contributed by atoms with van der Waals surface area (Å²) in [7, 11) is 1.60. The van der Waals surface area contributed by atoms with Crippen molar-refractivity contribution in [3.05, 3.63) is 95.8 Å². The molecule has 3 aromatic rings. The zero-order valence-corrected chi connectivity index (χ0v) is 21.0.